The van der Waals surface area contributed by atoms with Gasteiger partial charge in [0.1, 0.15) is 17.2 Å². The standard InChI is InChI=1S/C30H29N5O4S/c1-5-39-25-16-13-22(27(36)17-25)18-31-34-26(21-11-14-24(38-4)15-12-21)19-40-30(34)32-28-20(2)33(3)35(29(28)37)23-9-7-6-8-10-23/h6-19,36H,5H2,1-4H3/b31-18+,32-30?. The van der Waals surface area contributed by atoms with Gasteiger partial charge in [-0.3, -0.25) is 9.48 Å². The maximum absolute atomic E-state index is 13.5. The van der Waals surface area contributed by atoms with Crippen molar-refractivity contribution in [3.05, 3.63) is 105 Å². The Morgan fingerprint density at radius 1 is 1.02 bits per heavy atom. The van der Waals surface area contributed by atoms with Crippen LogP contribution in [0, 0.1) is 6.92 Å². The third-order valence-electron chi connectivity index (χ3n) is 6.43. The highest BCUT2D eigenvalue weighted by molar-refractivity contribution is 7.07. The van der Waals surface area contributed by atoms with E-state index in [0.717, 1.165) is 22.7 Å². The molecule has 1 N–H and O–H groups in total. The fraction of sp³-hybridized carbons (Fsp3) is 0.167. The van der Waals surface area contributed by atoms with Gasteiger partial charge in [-0.1, -0.05) is 18.2 Å². The van der Waals surface area contributed by atoms with Gasteiger partial charge in [-0.2, -0.15) is 5.10 Å². The van der Waals surface area contributed by atoms with Gasteiger partial charge >= 0.3 is 0 Å². The molecule has 40 heavy (non-hydrogen) atoms. The van der Waals surface area contributed by atoms with Crippen molar-refractivity contribution in [1.82, 2.24) is 14.0 Å². The Hall–Kier alpha value is -4.83. The summed E-state index contributed by atoms with van der Waals surface area (Å²) in [6.07, 6.45) is 1.56. The molecular weight excluding hydrogens is 526 g/mol. The summed E-state index contributed by atoms with van der Waals surface area (Å²) in [5.41, 5.74) is 3.72. The van der Waals surface area contributed by atoms with Crippen LogP contribution < -0.4 is 19.8 Å². The number of rotatable bonds is 8. The number of aromatic hydroxyl groups is 1. The first kappa shape index (κ1) is 26.8. The molecule has 0 fully saturated rings. The van der Waals surface area contributed by atoms with Gasteiger partial charge in [-0.15, -0.1) is 11.3 Å². The van der Waals surface area contributed by atoms with Crippen LogP contribution in [0.2, 0.25) is 0 Å². The molecule has 2 heterocycles. The summed E-state index contributed by atoms with van der Waals surface area (Å²) in [7, 11) is 3.45. The zero-order valence-electron chi connectivity index (χ0n) is 22.6. The Morgan fingerprint density at radius 3 is 2.42 bits per heavy atom. The molecule has 0 aliphatic rings. The third kappa shape index (κ3) is 5.21. The zero-order chi connectivity index (χ0) is 28.2. The van der Waals surface area contributed by atoms with Crippen LogP contribution in [-0.4, -0.2) is 39.1 Å². The number of phenolic OH excluding ortho intramolecular Hbond substituents is 1. The van der Waals surface area contributed by atoms with Crippen LogP contribution in [-0.2, 0) is 7.05 Å². The first-order valence-corrected chi connectivity index (χ1v) is 13.5. The van der Waals surface area contributed by atoms with Gasteiger partial charge < -0.3 is 14.6 Å². The van der Waals surface area contributed by atoms with Gasteiger partial charge in [0.25, 0.3) is 5.56 Å². The first-order valence-electron chi connectivity index (χ1n) is 12.6. The summed E-state index contributed by atoms with van der Waals surface area (Å²) >= 11 is 1.36. The van der Waals surface area contributed by atoms with Gasteiger partial charge in [0, 0.05) is 29.6 Å². The predicted octanol–water partition coefficient (Wildman–Crippen LogP) is 5.24. The van der Waals surface area contributed by atoms with E-state index < -0.39 is 0 Å². The molecule has 9 nitrogen and oxygen atoms in total. The van der Waals surface area contributed by atoms with E-state index in [0.29, 0.717) is 34.1 Å². The van der Waals surface area contributed by atoms with Crippen molar-refractivity contribution in [2.45, 2.75) is 13.8 Å². The van der Waals surface area contributed by atoms with Crippen LogP contribution in [0.4, 0.5) is 5.69 Å². The van der Waals surface area contributed by atoms with E-state index in [2.05, 4.69) is 0 Å². The minimum atomic E-state index is -0.231. The molecule has 0 unspecified atom stereocenters. The highest BCUT2D eigenvalue weighted by Gasteiger charge is 2.17. The number of hydrogen-bond acceptors (Lipinski definition) is 7. The summed E-state index contributed by atoms with van der Waals surface area (Å²) < 4.78 is 15.8. The van der Waals surface area contributed by atoms with Crippen LogP contribution in [0.1, 0.15) is 18.2 Å². The lowest BCUT2D eigenvalue weighted by Crippen LogP contribution is -2.19. The molecule has 10 heteroatoms. The van der Waals surface area contributed by atoms with Crippen molar-refractivity contribution >= 4 is 23.2 Å². The monoisotopic (exact) mass is 555 g/mol. The molecule has 0 saturated carbocycles. The molecule has 0 radical (unpaired) electrons. The molecular formula is C30H29N5O4S. The average molecular weight is 556 g/mol. The minimum absolute atomic E-state index is 0.0414. The number of benzene rings is 3. The number of methoxy groups -OCH3 is 1. The van der Waals surface area contributed by atoms with E-state index in [1.54, 1.807) is 45.6 Å². The summed E-state index contributed by atoms with van der Waals surface area (Å²) in [5, 5.41) is 17.2. The second kappa shape index (κ2) is 11.5. The van der Waals surface area contributed by atoms with E-state index in [1.165, 1.54) is 11.3 Å². The summed E-state index contributed by atoms with van der Waals surface area (Å²) in [6, 6.07) is 22.1. The maximum atomic E-state index is 13.5. The molecule has 0 spiro atoms. The molecule has 0 bridgehead atoms. The molecule has 5 aromatic rings. The van der Waals surface area contributed by atoms with E-state index in [4.69, 9.17) is 19.6 Å². The van der Waals surface area contributed by atoms with Crippen molar-refractivity contribution in [3.63, 3.8) is 0 Å². The van der Waals surface area contributed by atoms with E-state index >= 15 is 0 Å². The van der Waals surface area contributed by atoms with Crippen molar-refractivity contribution in [2.24, 2.45) is 17.1 Å². The lowest BCUT2D eigenvalue weighted by Gasteiger charge is -2.07. The van der Waals surface area contributed by atoms with Crippen LogP contribution in [0.15, 0.2) is 93.1 Å². The Bertz CT molecular complexity index is 1790. The smallest absolute Gasteiger partial charge is 0.297 e. The van der Waals surface area contributed by atoms with Gasteiger partial charge in [-0.05, 0) is 62.4 Å². The third-order valence-corrected chi connectivity index (χ3v) is 7.24. The second-order valence-electron chi connectivity index (χ2n) is 8.86. The topological polar surface area (TPSA) is 95.3 Å². The highest BCUT2D eigenvalue weighted by atomic mass is 32.1. The fourth-order valence-electron chi connectivity index (χ4n) is 4.24. The number of hydrogen-bond donors (Lipinski definition) is 1. The van der Waals surface area contributed by atoms with Crippen LogP contribution in [0.3, 0.4) is 0 Å². The Kier molecular flexibility index (Phi) is 7.70. The Balaban J connectivity index is 1.66. The minimum Gasteiger partial charge on any atom is -0.507 e. The van der Waals surface area contributed by atoms with Gasteiger partial charge in [0.2, 0.25) is 4.80 Å². The van der Waals surface area contributed by atoms with Gasteiger partial charge in [-0.25, -0.2) is 14.4 Å². The lowest BCUT2D eigenvalue weighted by molar-refractivity contribution is 0.337. The largest absolute Gasteiger partial charge is 0.507 e. The second-order valence-corrected chi connectivity index (χ2v) is 9.70. The average Bonchev–Trinajstić information content (AvgIpc) is 3.46. The fourth-order valence-corrected chi connectivity index (χ4v) is 5.08. The van der Waals surface area contributed by atoms with Gasteiger partial charge in [0.05, 0.1) is 37.0 Å². The molecule has 0 aliphatic carbocycles. The molecule has 3 aromatic carbocycles. The van der Waals surface area contributed by atoms with Crippen LogP contribution in [0.5, 0.6) is 17.2 Å². The first-order chi connectivity index (χ1) is 19.4. The number of nitrogens with zero attached hydrogens (tertiary/aromatic N) is 5. The molecule has 2 aromatic heterocycles. The number of para-hydroxylation sites is 1. The van der Waals surface area contributed by atoms with E-state index in [9.17, 15) is 9.90 Å². The lowest BCUT2D eigenvalue weighted by atomic mass is 10.2. The SMILES string of the molecule is CCOc1ccc(/C=N/n2c(-c3ccc(OC)cc3)csc2=Nc2c(C)n(C)n(-c3ccccc3)c2=O)c(O)c1. The molecule has 0 aliphatic heterocycles. The van der Waals surface area contributed by atoms with Crippen molar-refractivity contribution < 1.29 is 14.6 Å². The maximum Gasteiger partial charge on any atom is 0.297 e. The number of aromatic nitrogens is 3. The van der Waals surface area contributed by atoms with Crippen LogP contribution in [0.25, 0.3) is 16.9 Å². The molecule has 204 valence electrons. The number of ether oxygens (including phenoxy) is 2. The van der Waals surface area contributed by atoms with E-state index in [-0.39, 0.29) is 11.3 Å². The van der Waals surface area contributed by atoms with Crippen molar-refractivity contribution in [3.8, 4) is 34.2 Å². The molecule has 0 atom stereocenters. The van der Waals surface area contributed by atoms with Gasteiger partial charge in [0.15, 0.2) is 5.69 Å². The summed E-state index contributed by atoms with van der Waals surface area (Å²) in [4.78, 5) is 18.8. The molecule has 0 saturated heterocycles. The zero-order valence-corrected chi connectivity index (χ0v) is 23.4. The summed E-state index contributed by atoms with van der Waals surface area (Å²) in [5.74, 6) is 1.35. The van der Waals surface area contributed by atoms with Crippen molar-refractivity contribution in [2.75, 3.05) is 13.7 Å². The quantitative estimate of drug-likeness (QED) is 0.265. The van der Waals surface area contributed by atoms with Crippen molar-refractivity contribution in [1.29, 1.82) is 0 Å². The normalized spacial score (nSPS) is 11.8. The summed E-state index contributed by atoms with van der Waals surface area (Å²) in [6.45, 7) is 4.25. The highest BCUT2D eigenvalue weighted by Crippen LogP contribution is 2.25. The molecule has 0 amide bonds. The number of thiazole rings is 1. The number of phenols is 1. The Labute approximate surface area is 235 Å². The van der Waals surface area contributed by atoms with Crippen LogP contribution >= 0.6 is 11.3 Å². The van der Waals surface area contributed by atoms with E-state index in [1.807, 2.05) is 80.9 Å². The molecule has 5 rings (SSSR count). The predicted molar refractivity (Wildman–Crippen MR) is 158 cm³/mol. The Morgan fingerprint density at radius 2 is 1.75 bits per heavy atom.